The summed E-state index contributed by atoms with van der Waals surface area (Å²) < 4.78 is 44.5. The average molecular weight is 467 g/mol. The van der Waals surface area contributed by atoms with Gasteiger partial charge in [-0.25, -0.2) is 0 Å². The molecule has 2 heterocycles. The van der Waals surface area contributed by atoms with Crippen LogP contribution in [0.3, 0.4) is 0 Å². The van der Waals surface area contributed by atoms with Gasteiger partial charge in [0.05, 0.1) is 18.8 Å². The second kappa shape index (κ2) is 10.5. The van der Waals surface area contributed by atoms with Crippen LogP contribution in [0.15, 0.2) is 54.6 Å². The second-order valence-corrected chi connectivity index (χ2v) is 6.92. The molecular formula is C21H22ClF3N6O. The van der Waals surface area contributed by atoms with Crippen molar-refractivity contribution in [2.75, 3.05) is 41.8 Å². The largest absolute Gasteiger partial charge is 0.416 e. The van der Waals surface area contributed by atoms with Crippen LogP contribution in [-0.2, 0) is 17.5 Å². The molecule has 1 aliphatic rings. The van der Waals surface area contributed by atoms with E-state index in [4.69, 9.17) is 4.74 Å². The first-order chi connectivity index (χ1) is 15.0. The normalized spacial score (nSPS) is 13.9. The third-order valence-corrected chi connectivity index (χ3v) is 4.66. The van der Waals surface area contributed by atoms with E-state index >= 15 is 0 Å². The number of hydrogen-bond acceptors (Lipinski definition) is 7. The molecule has 2 N–H and O–H groups in total. The molecule has 0 atom stereocenters. The minimum absolute atomic E-state index is 0. The number of rotatable bonds is 6. The van der Waals surface area contributed by atoms with Crippen molar-refractivity contribution in [3.63, 3.8) is 0 Å². The number of anilines is 4. The van der Waals surface area contributed by atoms with Gasteiger partial charge in [0, 0.05) is 25.3 Å². The fraction of sp³-hybridized carbons (Fsp3) is 0.286. The van der Waals surface area contributed by atoms with Crippen LogP contribution in [0, 0.1) is 0 Å². The Morgan fingerprint density at radius 1 is 0.906 bits per heavy atom. The highest BCUT2D eigenvalue weighted by molar-refractivity contribution is 5.85. The maximum atomic E-state index is 13.0. The summed E-state index contributed by atoms with van der Waals surface area (Å²) in [6.07, 6.45) is -4.43. The van der Waals surface area contributed by atoms with Gasteiger partial charge in [0.15, 0.2) is 0 Å². The van der Waals surface area contributed by atoms with Gasteiger partial charge in [0.1, 0.15) is 0 Å². The van der Waals surface area contributed by atoms with Crippen molar-refractivity contribution in [2.24, 2.45) is 0 Å². The number of hydrogen-bond donors (Lipinski definition) is 2. The van der Waals surface area contributed by atoms with Gasteiger partial charge in [-0.3, -0.25) is 0 Å². The Kier molecular flexibility index (Phi) is 7.70. The Morgan fingerprint density at radius 2 is 1.62 bits per heavy atom. The van der Waals surface area contributed by atoms with E-state index in [1.807, 2.05) is 35.2 Å². The van der Waals surface area contributed by atoms with Crippen molar-refractivity contribution in [1.82, 2.24) is 15.0 Å². The highest BCUT2D eigenvalue weighted by atomic mass is 35.5. The van der Waals surface area contributed by atoms with Crippen LogP contribution < -0.4 is 15.5 Å². The summed E-state index contributed by atoms with van der Waals surface area (Å²) in [7, 11) is 0. The molecule has 7 nitrogen and oxygen atoms in total. The van der Waals surface area contributed by atoms with Crippen LogP contribution in [0.4, 0.5) is 36.7 Å². The minimum atomic E-state index is -4.43. The summed E-state index contributed by atoms with van der Waals surface area (Å²) in [5.74, 6) is 0.921. The van der Waals surface area contributed by atoms with Crippen molar-refractivity contribution in [1.29, 1.82) is 0 Å². The number of aromatic nitrogens is 3. The number of ether oxygens (including phenoxy) is 1. The van der Waals surface area contributed by atoms with E-state index in [9.17, 15) is 13.2 Å². The van der Waals surface area contributed by atoms with Crippen LogP contribution in [0.5, 0.6) is 0 Å². The highest BCUT2D eigenvalue weighted by Gasteiger charge is 2.30. The van der Waals surface area contributed by atoms with Gasteiger partial charge in [-0.2, -0.15) is 28.1 Å². The smallest absolute Gasteiger partial charge is 0.378 e. The van der Waals surface area contributed by atoms with E-state index in [-0.39, 0.29) is 24.0 Å². The van der Waals surface area contributed by atoms with Crippen molar-refractivity contribution < 1.29 is 17.9 Å². The van der Waals surface area contributed by atoms with E-state index in [1.54, 1.807) is 0 Å². The summed E-state index contributed by atoms with van der Waals surface area (Å²) in [6.45, 7) is 2.83. The summed E-state index contributed by atoms with van der Waals surface area (Å²) in [6, 6.07) is 14.7. The predicted molar refractivity (Wildman–Crippen MR) is 119 cm³/mol. The molecule has 0 unspecified atom stereocenters. The SMILES string of the molecule is Cl.FC(F)(F)c1cccc(Nc2nc(NCc3ccccc3)nc(N3CCOCC3)n2)c1. The third-order valence-electron chi connectivity index (χ3n) is 4.66. The third kappa shape index (κ3) is 6.21. The molecule has 1 fully saturated rings. The number of nitrogens with zero attached hydrogens (tertiary/aromatic N) is 4. The first-order valence-electron chi connectivity index (χ1n) is 9.78. The molecule has 0 bridgehead atoms. The van der Waals surface area contributed by atoms with Gasteiger partial charge in [-0.15, -0.1) is 12.4 Å². The van der Waals surface area contributed by atoms with Crippen molar-refractivity contribution in [2.45, 2.75) is 12.7 Å². The molecule has 0 aliphatic carbocycles. The van der Waals surface area contributed by atoms with Crippen LogP contribution in [0.1, 0.15) is 11.1 Å². The topological polar surface area (TPSA) is 75.2 Å². The van der Waals surface area contributed by atoms with Gasteiger partial charge in [-0.1, -0.05) is 36.4 Å². The van der Waals surface area contributed by atoms with Gasteiger partial charge in [0.2, 0.25) is 17.8 Å². The van der Waals surface area contributed by atoms with Gasteiger partial charge < -0.3 is 20.3 Å². The zero-order valence-electron chi connectivity index (χ0n) is 17.0. The Bertz CT molecular complexity index is 1020. The fourth-order valence-electron chi connectivity index (χ4n) is 3.08. The summed E-state index contributed by atoms with van der Waals surface area (Å²) >= 11 is 0. The highest BCUT2D eigenvalue weighted by Crippen LogP contribution is 2.31. The van der Waals surface area contributed by atoms with E-state index < -0.39 is 11.7 Å². The number of alkyl halides is 3. The van der Waals surface area contributed by atoms with Crippen LogP contribution in [-0.4, -0.2) is 41.3 Å². The summed E-state index contributed by atoms with van der Waals surface area (Å²) in [5, 5.41) is 6.04. The molecule has 0 saturated carbocycles. The van der Waals surface area contributed by atoms with E-state index in [0.717, 1.165) is 17.7 Å². The zero-order chi connectivity index (χ0) is 21.7. The van der Waals surface area contributed by atoms with E-state index in [1.165, 1.54) is 12.1 Å². The Hall–Kier alpha value is -3.11. The van der Waals surface area contributed by atoms with Crippen LogP contribution in [0.2, 0.25) is 0 Å². The molecule has 11 heteroatoms. The van der Waals surface area contributed by atoms with Crippen LogP contribution in [0.25, 0.3) is 0 Å². The van der Waals surface area contributed by atoms with E-state index in [0.29, 0.717) is 44.7 Å². The van der Waals surface area contributed by atoms with Crippen molar-refractivity contribution >= 4 is 35.9 Å². The first-order valence-corrected chi connectivity index (χ1v) is 9.78. The lowest BCUT2D eigenvalue weighted by atomic mass is 10.2. The molecule has 32 heavy (non-hydrogen) atoms. The number of nitrogens with one attached hydrogen (secondary N) is 2. The Morgan fingerprint density at radius 3 is 2.34 bits per heavy atom. The molecule has 3 aromatic rings. The fourth-order valence-corrected chi connectivity index (χ4v) is 3.08. The van der Waals surface area contributed by atoms with Crippen LogP contribution >= 0.6 is 12.4 Å². The number of benzene rings is 2. The number of halogens is 4. The standard InChI is InChI=1S/C21H21F3N6O.ClH/c22-21(23,24)16-7-4-8-17(13-16)26-19-27-18(25-14-15-5-2-1-3-6-15)28-20(29-19)30-9-11-31-12-10-30;/h1-8,13H,9-12,14H2,(H2,25,26,27,28,29);1H. The lowest BCUT2D eigenvalue weighted by Crippen LogP contribution is -2.37. The quantitative estimate of drug-likeness (QED) is 0.553. The molecule has 4 rings (SSSR count). The molecule has 2 aromatic carbocycles. The summed E-state index contributed by atoms with van der Waals surface area (Å²) in [5.41, 5.74) is 0.536. The van der Waals surface area contributed by atoms with Gasteiger partial charge in [0.25, 0.3) is 0 Å². The molecule has 1 aromatic heterocycles. The molecule has 1 aliphatic heterocycles. The predicted octanol–water partition coefficient (Wildman–Crippen LogP) is 4.50. The second-order valence-electron chi connectivity index (χ2n) is 6.92. The molecule has 0 amide bonds. The molecular weight excluding hydrogens is 445 g/mol. The molecule has 170 valence electrons. The van der Waals surface area contributed by atoms with Crippen molar-refractivity contribution in [3.05, 3.63) is 65.7 Å². The maximum Gasteiger partial charge on any atom is 0.416 e. The Balaban J connectivity index is 0.00000289. The lowest BCUT2D eigenvalue weighted by molar-refractivity contribution is -0.137. The molecule has 1 saturated heterocycles. The number of morpholine rings is 1. The molecule has 0 spiro atoms. The first kappa shape index (κ1) is 23.6. The molecule has 0 radical (unpaired) electrons. The lowest BCUT2D eigenvalue weighted by Gasteiger charge is -2.27. The maximum absolute atomic E-state index is 13.0. The van der Waals surface area contributed by atoms with E-state index in [2.05, 4.69) is 25.6 Å². The monoisotopic (exact) mass is 466 g/mol. The zero-order valence-corrected chi connectivity index (χ0v) is 17.8. The van der Waals surface area contributed by atoms with Gasteiger partial charge >= 0.3 is 6.18 Å². The summed E-state index contributed by atoms with van der Waals surface area (Å²) in [4.78, 5) is 15.2. The van der Waals surface area contributed by atoms with Gasteiger partial charge in [-0.05, 0) is 23.8 Å². The average Bonchev–Trinajstić information content (AvgIpc) is 2.78. The Labute approximate surface area is 189 Å². The minimum Gasteiger partial charge on any atom is -0.378 e. The van der Waals surface area contributed by atoms with Crippen molar-refractivity contribution in [3.8, 4) is 0 Å².